The van der Waals surface area contributed by atoms with Gasteiger partial charge in [0.05, 0.1) is 18.4 Å². The van der Waals surface area contributed by atoms with Crippen LogP contribution in [-0.4, -0.2) is 43.7 Å². The molecule has 174 valence electrons. The standard InChI is InChI=1S/C21H21ClF3N7O/c1-11-17-19(31(3)12(2)20(33)30-17)29-16(27-11)7-4-13-8-26-32(9-13)10-14-5-6-15(21(23,24)25)28-18(14)22/h5-6,8-9,12H,4,7,10H2,1-3H3,(H,30,33)/t12-/m0/s1. The number of fused-ring (bicyclic) bond motifs is 1. The van der Waals surface area contributed by atoms with Crippen molar-refractivity contribution in [1.29, 1.82) is 0 Å². The molecule has 4 heterocycles. The van der Waals surface area contributed by atoms with E-state index in [9.17, 15) is 18.0 Å². The molecular weight excluding hydrogens is 459 g/mol. The van der Waals surface area contributed by atoms with Gasteiger partial charge >= 0.3 is 6.18 Å². The highest BCUT2D eigenvalue weighted by atomic mass is 35.5. The Balaban J connectivity index is 1.44. The molecule has 0 unspecified atom stereocenters. The van der Waals surface area contributed by atoms with Gasteiger partial charge in [-0.15, -0.1) is 0 Å². The number of nitrogens with zero attached hydrogens (tertiary/aromatic N) is 6. The second kappa shape index (κ2) is 8.62. The highest BCUT2D eigenvalue weighted by molar-refractivity contribution is 6.30. The Bertz CT molecular complexity index is 1210. The van der Waals surface area contributed by atoms with Gasteiger partial charge in [0.25, 0.3) is 0 Å². The number of halogens is 4. The lowest BCUT2D eigenvalue weighted by Gasteiger charge is -2.32. The molecule has 0 aromatic carbocycles. The fourth-order valence-electron chi connectivity index (χ4n) is 3.51. The van der Waals surface area contributed by atoms with Gasteiger partial charge in [-0.1, -0.05) is 17.7 Å². The summed E-state index contributed by atoms with van der Waals surface area (Å²) < 4.78 is 39.9. The minimum atomic E-state index is -4.55. The van der Waals surface area contributed by atoms with Crippen LogP contribution in [0.1, 0.15) is 35.3 Å². The zero-order valence-corrected chi connectivity index (χ0v) is 18.9. The van der Waals surface area contributed by atoms with Crippen molar-refractivity contribution in [2.75, 3.05) is 17.3 Å². The topological polar surface area (TPSA) is 88.8 Å². The van der Waals surface area contributed by atoms with Crippen LogP contribution in [0.4, 0.5) is 24.7 Å². The van der Waals surface area contributed by atoms with Crippen molar-refractivity contribution in [3.8, 4) is 0 Å². The van der Waals surface area contributed by atoms with Crippen molar-refractivity contribution in [1.82, 2.24) is 24.7 Å². The normalized spacial score (nSPS) is 16.0. The molecule has 0 aliphatic carbocycles. The third-order valence-electron chi connectivity index (χ3n) is 5.53. The number of carbonyl (C=O) groups is 1. The van der Waals surface area contributed by atoms with Gasteiger partial charge in [-0.05, 0) is 31.9 Å². The average Bonchev–Trinajstić information content (AvgIpc) is 3.19. The zero-order valence-electron chi connectivity index (χ0n) is 18.1. The number of rotatable bonds is 5. The van der Waals surface area contributed by atoms with Crippen LogP contribution < -0.4 is 10.2 Å². The van der Waals surface area contributed by atoms with E-state index in [4.69, 9.17) is 11.6 Å². The Kier molecular flexibility index (Phi) is 6.00. The molecule has 1 aliphatic rings. The summed E-state index contributed by atoms with van der Waals surface area (Å²) in [4.78, 5) is 26.4. The Labute approximate surface area is 192 Å². The lowest BCUT2D eigenvalue weighted by Crippen LogP contribution is -2.45. The molecule has 1 atom stereocenters. The molecule has 3 aromatic rings. The average molecular weight is 480 g/mol. The van der Waals surface area contributed by atoms with Crippen molar-refractivity contribution in [2.45, 2.75) is 45.5 Å². The molecule has 8 nitrogen and oxygen atoms in total. The van der Waals surface area contributed by atoms with Crippen LogP contribution in [0.25, 0.3) is 0 Å². The molecule has 0 saturated heterocycles. The summed E-state index contributed by atoms with van der Waals surface area (Å²) >= 11 is 5.94. The van der Waals surface area contributed by atoms with Gasteiger partial charge < -0.3 is 10.2 Å². The van der Waals surface area contributed by atoms with E-state index in [1.54, 1.807) is 17.1 Å². The molecule has 4 rings (SSSR count). The van der Waals surface area contributed by atoms with Crippen LogP contribution in [0.15, 0.2) is 24.5 Å². The first-order chi connectivity index (χ1) is 15.5. The molecule has 0 saturated carbocycles. The van der Waals surface area contributed by atoms with Crippen molar-refractivity contribution >= 4 is 29.0 Å². The quantitative estimate of drug-likeness (QED) is 0.562. The Morgan fingerprint density at radius 3 is 2.64 bits per heavy atom. The second-order valence-corrected chi connectivity index (χ2v) is 8.25. The predicted molar refractivity (Wildman–Crippen MR) is 116 cm³/mol. The summed E-state index contributed by atoms with van der Waals surface area (Å²) in [5.74, 6) is 1.23. The third-order valence-corrected chi connectivity index (χ3v) is 5.86. The molecule has 0 fully saturated rings. The van der Waals surface area contributed by atoms with Gasteiger partial charge in [0, 0.05) is 25.2 Å². The predicted octanol–water partition coefficient (Wildman–Crippen LogP) is 3.66. The Morgan fingerprint density at radius 2 is 1.94 bits per heavy atom. The minimum Gasteiger partial charge on any atom is -0.346 e. The monoisotopic (exact) mass is 479 g/mol. The highest BCUT2D eigenvalue weighted by Gasteiger charge is 2.33. The third kappa shape index (κ3) is 4.77. The van der Waals surface area contributed by atoms with Crippen LogP contribution in [0, 0.1) is 6.92 Å². The number of amides is 1. The molecule has 1 aliphatic heterocycles. The van der Waals surface area contributed by atoms with Crippen LogP contribution in [0.2, 0.25) is 5.15 Å². The van der Waals surface area contributed by atoms with Crippen LogP contribution in [0.5, 0.6) is 0 Å². The van der Waals surface area contributed by atoms with Gasteiger partial charge in [0.2, 0.25) is 5.91 Å². The van der Waals surface area contributed by atoms with Gasteiger partial charge in [-0.2, -0.15) is 18.3 Å². The largest absolute Gasteiger partial charge is 0.433 e. The summed E-state index contributed by atoms with van der Waals surface area (Å²) in [6.07, 6.45) is 0.108. The molecule has 0 spiro atoms. The maximum absolute atomic E-state index is 12.8. The number of anilines is 2. The molecule has 12 heteroatoms. The first-order valence-corrected chi connectivity index (χ1v) is 10.6. The fraction of sp³-hybridized carbons (Fsp3) is 0.381. The lowest BCUT2D eigenvalue weighted by atomic mass is 10.1. The number of aromatic nitrogens is 5. The van der Waals surface area contributed by atoms with Gasteiger partial charge in [0.1, 0.15) is 28.4 Å². The second-order valence-electron chi connectivity index (χ2n) is 7.89. The molecule has 3 aromatic heterocycles. The van der Waals surface area contributed by atoms with Gasteiger partial charge in [0.15, 0.2) is 5.82 Å². The number of alkyl halides is 3. The number of carbonyl (C=O) groups excluding carboxylic acids is 1. The van der Waals surface area contributed by atoms with E-state index < -0.39 is 11.9 Å². The molecule has 1 amide bonds. The number of pyridine rings is 1. The van der Waals surface area contributed by atoms with E-state index in [-0.39, 0.29) is 23.6 Å². The van der Waals surface area contributed by atoms with E-state index >= 15 is 0 Å². The molecule has 1 N–H and O–H groups in total. The number of hydrogen-bond acceptors (Lipinski definition) is 6. The smallest absolute Gasteiger partial charge is 0.346 e. The maximum Gasteiger partial charge on any atom is 0.433 e. The lowest BCUT2D eigenvalue weighted by molar-refractivity contribution is -0.141. The summed E-state index contributed by atoms with van der Waals surface area (Å²) in [7, 11) is 1.82. The first-order valence-electron chi connectivity index (χ1n) is 10.2. The van der Waals surface area contributed by atoms with Crippen LogP contribution >= 0.6 is 11.6 Å². The van der Waals surface area contributed by atoms with Gasteiger partial charge in [-0.3, -0.25) is 9.48 Å². The number of likely N-dealkylation sites (N-methyl/N-ethyl adjacent to an activating group) is 1. The van der Waals surface area contributed by atoms with E-state index in [1.807, 2.05) is 25.8 Å². The Morgan fingerprint density at radius 1 is 1.18 bits per heavy atom. The fourth-order valence-corrected chi connectivity index (χ4v) is 3.72. The van der Waals surface area contributed by atoms with Crippen LogP contribution in [-0.2, 0) is 30.4 Å². The first kappa shape index (κ1) is 23.0. The van der Waals surface area contributed by atoms with Crippen molar-refractivity contribution in [2.24, 2.45) is 0 Å². The SMILES string of the molecule is Cc1nc(CCc2cnn(Cc3ccc(C(F)(F)F)nc3Cl)c2)nc2c1NC(=O)[C@H](C)N2C. The van der Waals surface area contributed by atoms with E-state index in [0.29, 0.717) is 41.4 Å². The maximum atomic E-state index is 12.8. The summed E-state index contributed by atoms with van der Waals surface area (Å²) in [6, 6.07) is 1.88. The summed E-state index contributed by atoms with van der Waals surface area (Å²) in [6.45, 7) is 3.83. The zero-order chi connectivity index (χ0) is 23.9. The van der Waals surface area contributed by atoms with Gasteiger partial charge in [-0.25, -0.2) is 15.0 Å². The summed E-state index contributed by atoms with van der Waals surface area (Å²) in [5.41, 5.74) is 1.64. The summed E-state index contributed by atoms with van der Waals surface area (Å²) in [5, 5.41) is 6.92. The number of aryl methyl sites for hydroxylation is 3. The molecule has 0 bridgehead atoms. The Hall–Kier alpha value is -3.21. The van der Waals surface area contributed by atoms with E-state index in [2.05, 4.69) is 25.4 Å². The molecule has 33 heavy (non-hydrogen) atoms. The van der Waals surface area contributed by atoms with E-state index in [0.717, 1.165) is 11.6 Å². The highest BCUT2D eigenvalue weighted by Crippen LogP contribution is 2.31. The number of hydrogen-bond donors (Lipinski definition) is 1. The van der Waals surface area contributed by atoms with Crippen molar-refractivity contribution in [3.63, 3.8) is 0 Å². The molecular formula is C21H21ClF3N7O. The molecule has 0 radical (unpaired) electrons. The van der Waals surface area contributed by atoms with Crippen molar-refractivity contribution in [3.05, 3.63) is 58.0 Å². The number of nitrogens with one attached hydrogen (secondary N) is 1. The minimum absolute atomic E-state index is 0.0970. The van der Waals surface area contributed by atoms with Crippen LogP contribution in [0.3, 0.4) is 0 Å². The van der Waals surface area contributed by atoms with Crippen molar-refractivity contribution < 1.29 is 18.0 Å². The van der Waals surface area contributed by atoms with E-state index in [1.165, 1.54) is 6.07 Å².